The number of carbonyl (C=O) groups is 1. The van der Waals surface area contributed by atoms with Crippen LogP contribution in [0, 0.1) is 11.8 Å². The van der Waals surface area contributed by atoms with Crippen molar-refractivity contribution in [2.24, 2.45) is 0 Å². The fourth-order valence-corrected chi connectivity index (χ4v) is 5.88. The van der Waals surface area contributed by atoms with Crippen molar-refractivity contribution < 1.29 is 18.3 Å². The van der Waals surface area contributed by atoms with E-state index in [2.05, 4.69) is 70.1 Å². The molecule has 0 saturated carbocycles. The van der Waals surface area contributed by atoms with E-state index in [0.717, 1.165) is 37.1 Å². The molecule has 41 heavy (non-hydrogen) atoms. The molecule has 214 valence electrons. The van der Waals surface area contributed by atoms with Crippen molar-refractivity contribution in [3.63, 3.8) is 0 Å². The van der Waals surface area contributed by atoms with Gasteiger partial charge in [0.25, 0.3) is 0 Å². The van der Waals surface area contributed by atoms with Crippen molar-refractivity contribution >= 4 is 11.7 Å². The van der Waals surface area contributed by atoms with Crippen molar-refractivity contribution in [3.8, 4) is 17.6 Å². The van der Waals surface area contributed by atoms with Crippen LogP contribution in [0.4, 0.5) is 19.3 Å². The van der Waals surface area contributed by atoms with Crippen molar-refractivity contribution in [2.45, 2.75) is 37.5 Å². The van der Waals surface area contributed by atoms with Crippen LogP contribution in [-0.2, 0) is 0 Å². The summed E-state index contributed by atoms with van der Waals surface area (Å²) in [5, 5.41) is 2.93. The molecule has 1 N–H and O–H groups in total. The van der Waals surface area contributed by atoms with Crippen LogP contribution in [0.15, 0.2) is 78.9 Å². The zero-order chi connectivity index (χ0) is 28.8. The van der Waals surface area contributed by atoms with Gasteiger partial charge in [0.15, 0.2) is 0 Å². The first-order valence-corrected chi connectivity index (χ1v) is 14.1. The topological polar surface area (TPSA) is 48.1 Å². The van der Waals surface area contributed by atoms with Crippen LogP contribution in [0.1, 0.15) is 35.4 Å². The molecule has 0 radical (unpaired) electrons. The molecule has 0 aliphatic carbocycles. The zero-order valence-electron chi connectivity index (χ0n) is 23.5. The highest BCUT2D eigenvalue weighted by Gasteiger charge is 2.49. The SMILES string of the molecule is CN(C)C[C@@H]1[C@H](c2ccc(C#Cc3ccccc3)cc2)[C@@H]2CN(C(=O)Nc3ccc(OC(F)F)cc3)CCCCN12. The molecule has 8 heteroatoms. The third-order valence-corrected chi connectivity index (χ3v) is 7.77. The number of nitrogens with one attached hydrogen (secondary N) is 1. The first-order chi connectivity index (χ1) is 19.9. The minimum atomic E-state index is -2.88. The zero-order valence-corrected chi connectivity index (χ0v) is 23.5. The van der Waals surface area contributed by atoms with Gasteiger partial charge in [0.1, 0.15) is 5.75 Å². The Labute approximate surface area is 240 Å². The van der Waals surface area contributed by atoms with E-state index in [1.54, 1.807) is 12.1 Å². The average molecular weight is 559 g/mol. The molecule has 3 aromatic rings. The third kappa shape index (κ3) is 7.24. The van der Waals surface area contributed by atoms with Crippen molar-refractivity contribution in [2.75, 3.05) is 45.6 Å². The number of anilines is 1. The summed E-state index contributed by atoms with van der Waals surface area (Å²) in [6.45, 7) is 0.353. The van der Waals surface area contributed by atoms with E-state index in [4.69, 9.17) is 0 Å². The normalized spacial score (nSPS) is 20.7. The highest BCUT2D eigenvalue weighted by molar-refractivity contribution is 5.89. The lowest BCUT2D eigenvalue weighted by Gasteiger charge is -2.58. The van der Waals surface area contributed by atoms with E-state index in [-0.39, 0.29) is 23.7 Å². The Kier molecular flexibility index (Phi) is 9.17. The number of amides is 2. The Morgan fingerprint density at radius 3 is 2.27 bits per heavy atom. The number of fused-ring (bicyclic) bond motifs is 1. The highest BCUT2D eigenvalue weighted by atomic mass is 19.3. The van der Waals surface area contributed by atoms with Gasteiger partial charge in [-0.25, -0.2) is 4.79 Å². The Morgan fingerprint density at radius 1 is 0.951 bits per heavy atom. The van der Waals surface area contributed by atoms with E-state index in [1.807, 2.05) is 35.2 Å². The van der Waals surface area contributed by atoms with Gasteiger partial charge in [0.05, 0.1) is 0 Å². The number of carbonyl (C=O) groups excluding carboxylic acids is 1. The van der Waals surface area contributed by atoms with E-state index < -0.39 is 6.61 Å². The minimum absolute atomic E-state index is 0.0567. The number of benzene rings is 3. The first-order valence-electron chi connectivity index (χ1n) is 14.1. The number of rotatable bonds is 6. The van der Waals surface area contributed by atoms with Gasteiger partial charge in [0.2, 0.25) is 0 Å². The molecule has 0 spiro atoms. The quantitative estimate of drug-likeness (QED) is 0.394. The van der Waals surface area contributed by atoms with E-state index in [0.29, 0.717) is 24.8 Å². The largest absolute Gasteiger partial charge is 0.435 e. The summed E-state index contributed by atoms with van der Waals surface area (Å²) in [6, 6.07) is 24.9. The molecule has 3 atom stereocenters. The van der Waals surface area contributed by atoms with Crippen LogP contribution >= 0.6 is 0 Å². The number of hydrogen-bond acceptors (Lipinski definition) is 4. The lowest BCUT2D eigenvalue weighted by atomic mass is 9.73. The maximum absolute atomic E-state index is 13.3. The lowest BCUT2D eigenvalue weighted by Crippen LogP contribution is -2.69. The number of ether oxygens (including phenoxy) is 1. The molecule has 2 heterocycles. The van der Waals surface area contributed by atoms with Crippen molar-refractivity contribution in [3.05, 3.63) is 95.6 Å². The number of nitrogens with zero attached hydrogens (tertiary/aromatic N) is 3. The number of likely N-dealkylation sites (N-methyl/N-ethyl adjacent to an activating group) is 1. The van der Waals surface area contributed by atoms with Crippen LogP contribution in [0.2, 0.25) is 0 Å². The molecule has 2 amide bonds. The molecule has 0 bridgehead atoms. The molecule has 5 rings (SSSR count). The van der Waals surface area contributed by atoms with Crippen LogP contribution in [0.5, 0.6) is 5.75 Å². The molecule has 2 aliphatic rings. The highest BCUT2D eigenvalue weighted by Crippen LogP contribution is 2.42. The monoisotopic (exact) mass is 558 g/mol. The maximum Gasteiger partial charge on any atom is 0.387 e. The summed E-state index contributed by atoms with van der Waals surface area (Å²) < 4.78 is 29.4. The summed E-state index contributed by atoms with van der Waals surface area (Å²) in [4.78, 5) is 20.0. The molecule has 2 fully saturated rings. The second-order valence-electron chi connectivity index (χ2n) is 10.9. The van der Waals surface area contributed by atoms with Gasteiger partial charge in [-0.05, 0) is 87.6 Å². The van der Waals surface area contributed by atoms with Gasteiger partial charge >= 0.3 is 12.6 Å². The predicted molar refractivity (Wildman–Crippen MR) is 157 cm³/mol. The average Bonchev–Trinajstić information content (AvgIpc) is 2.94. The van der Waals surface area contributed by atoms with Crippen LogP contribution in [0.3, 0.4) is 0 Å². The maximum atomic E-state index is 13.3. The van der Waals surface area contributed by atoms with Gasteiger partial charge in [-0.1, -0.05) is 42.2 Å². The minimum Gasteiger partial charge on any atom is -0.435 e. The first kappa shape index (κ1) is 28.6. The third-order valence-electron chi connectivity index (χ3n) is 7.77. The van der Waals surface area contributed by atoms with Crippen LogP contribution in [0.25, 0.3) is 0 Å². The molecule has 3 aromatic carbocycles. The Hall–Kier alpha value is -3.93. The molecule has 2 saturated heterocycles. The van der Waals surface area contributed by atoms with Gasteiger partial charge in [-0.3, -0.25) is 4.90 Å². The molecule has 0 unspecified atom stereocenters. The molecule has 0 aromatic heterocycles. The predicted octanol–water partition coefficient (Wildman–Crippen LogP) is 5.71. The summed E-state index contributed by atoms with van der Waals surface area (Å²) in [5.41, 5.74) is 3.77. The van der Waals surface area contributed by atoms with Crippen LogP contribution < -0.4 is 10.1 Å². The Bertz CT molecular complexity index is 1350. The number of urea groups is 1. The number of alkyl halides is 2. The van der Waals surface area contributed by atoms with E-state index in [9.17, 15) is 13.6 Å². The van der Waals surface area contributed by atoms with Crippen molar-refractivity contribution in [1.29, 1.82) is 0 Å². The number of halogens is 2. The second kappa shape index (κ2) is 13.2. The van der Waals surface area contributed by atoms with Crippen LogP contribution in [-0.4, -0.2) is 79.7 Å². The Balaban J connectivity index is 1.31. The van der Waals surface area contributed by atoms with Gasteiger partial charge < -0.3 is 19.9 Å². The summed E-state index contributed by atoms with van der Waals surface area (Å²) in [7, 11) is 4.21. The summed E-state index contributed by atoms with van der Waals surface area (Å²) in [6.07, 6.45) is 1.94. The van der Waals surface area contributed by atoms with E-state index >= 15 is 0 Å². The molecule has 2 aliphatic heterocycles. The second-order valence-corrected chi connectivity index (χ2v) is 10.9. The number of hydrogen-bond donors (Lipinski definition) is 1. The standard InChI is InChI=1S/C33H36F2N4O2/c1-37(2)22-29-31(26-14-12-25(13-15-26)11-10-24-8-4-3-5-9-24)30-23-38(20-6-7-21-39(29)30)33(40)36-27-16-18-28(19-17-27)41-32(34)35/h3-5,8-9,12-19,29-32H,6-7,20-23H2,1-2H3,(H,36,40)/t29-,30+,31+/m1/s1. The fraction of sp³-hybridized carbons (Fsp3) is 0.364. The molecular weight excluding hydrogens is 522 g/mol. The smallest absolute Gasteiger partial charge is 0.387 e. The molecule has 6 nitrogen and oxygen atoms in total. The Morgan fingerprint density at radius 2 is 1.61 bits per heavy atom. The summed E-state index contributed by atoms with van der Waals surface area (Å²) in [5.74, 6) is 6.83. The lowest BCUT2D eigenvalue weighted by molar-refractivity contribution is -0.0498. The van der Waals surface area contributed by atoms with Crippen molar-refractivity contribution in [1.82, 2.24) is 14.7 Å². The summed E-state index contributed by atoms with van der Waals surface area (Å²) >= 11 is 0. The van der Waals surface area contributed by atoms with Gasteiger partial charge in [-0.15, -0.1) is 0 Å². The molecular formula is C33H36F2N4O2. The van der Waals surface area contributed by atoms with Gasteiger partial charge in [0, 0.05) is 54.5 Å². The fourth-order valence-electron chi connectivity index (χ4n) is 5.88. The van der Waals surface area contributed by atoms with E-state index in [1.165, 1.54) is 17.7 Å². The van der Waals surface area contributed by atoms with Gasteiger partial charge in [-0.2, -0.15) is 8.78 Å².